The molecule has 1 aromatic carbocycles. The highest BCUT2D eigenvalue weighted by molar-refractivity contribution is 6.00. The van der Waals surface area contributed by atoms with Gasteiger partial charge in [-0.25, -0.2) is 4.98 Å². The first-order valence-corrected chi connectivity index (χ1v) is 14.4. The highest BCUT2D eigenvalue weighted by atomic mass is 35.5. The van der Waals surface area contributed by atoms with E-state index in [1.54, 1.807) is 0 Å². The number of aromatic nitrogens is 1. The standard InChI is InChI=1S/C30H42N4O3.ClH/c1-3-4-17-34-28(35)25(20-23-11-7-5-8-12-23)32-29(36)30(34)15-18-33(19-16-30)21-26-22(2)37-27(31-26)24-13-9-6-10-14-24;/h6,9-10,13-14,23,25H,3-5,7-8,11-12,15-21H2,1-2H3,(H,32,36);1H/t25-;/m0./s1. The van der Waals surface area contributed by atoms with Crippen molar-refractivity contribution in [2.45, 2.75) is 96.2 Å². The molecule has 1 N–H and O–H groups in total. The third-order valence-corrected chi connectivity index (χ3v) is 8.81. The number of aryl methyl sites for hydroxylation is 1. The molecule has 7 nitrogen and oxygen atoms in total. The second-order valence-corrected chi connectivity index (χ2v) is 11.3. The van der Waals surface area contributed by atoms with Crippen LogP contribution in [-0.2, 0) is 16.1 Å². The molecule has 3 heterocycles. The number of piperidine rings is 1. The molecule has 1 atom stereocenters. The maximum Gasteiger partial charge on any atom is 0.246 e. The van der Waals surface area contributed by atoms with Crippen LogP contribution in [0.3, 0.4) is 0 Å². The number of halogens is 1. The summed E-state index contributed by atoms with van der Waals surface area (Å²) >= 11 is 0. The number of carbonyl (C=O) groups is 2. The summed E-state index contributed by atoms with van der Waals surface area (Å²) in [5.41, 5.74) is 1.19. The molecule has 2 amide bonds. The summed E-state index contributed by atoms with van der Waals surface area (Å²) in [6.45, 7) is 6.98. The molecule has 2 aromatic rings. The topological polar surface area (TPSA) is 78.7 Å². The first-order valence-electron chi connectivity index (χ1n) is 14.4. The predicted octanol–water partition coefficient (Wildman–Crippen LogP) is 5.50. The molecule has 1 spiro atoms. The minimum Gasteiger partial charge on any atom is -0.441 e. The Hall–Kier alpha value is -2.38. The monoisotopic (exact) mass is 542 g/mol. The van der Waals surface area contributed by atoms with Crippen molar-refractivity contribution in [3.63, 3.8) is 0 Å². The predicted molar refractivity (Wildman–Crippen MR) is 151 cm³/mol. The average Bonchev–Trinajstić information content (AvgIpc) is 3.29. The zero-order chi connectivity index (χ0) is 25.8. The molecule has 0 radical (unpaired) electrons. The maximum absolute atomic E-state index is 13.8. The zero-order valence-electron chi connectivity index (χ0n) is 22.9. The highest BCUT2D eigenvalue weighted by Crippen LogP contribution is 2.36. The van der Waals surface area contributed by atoms with Crippen molar-refractivity contribution in [2.75, 3.05) is 19.6 Å². The van der Waals surface area contributed by atoms with Gasteiger partial charge in [-0.15, -0.1) is 12.4 Å². The first kappa shape index (κ1) is 28.6. The van der Waals surface area contributed by atoms with Crippen LogP contribution >= 0.6 is 12.4 Å². The van der Waals surface area contributed by atoms with E-state index in [1.807, 2.05) is 42.2 Å². The normalized spacial score (nSPS) is 22.4. The van der Waals surface area contributed by atoms with Gasteiger partial charge in [-0.2, -0.15) is 0 Å². The molecule has 3 aliphatic rings. The fourth-order valence-corrected chi connectivity index (χ4v) is 6.50. The minimum absolute atomic E-state index is 0. The van der Waals surface area contributed by atoms with Crippen LogP contribution in [0.5, 0.6) is 0 Å². The molecule has 0 bridgehead atoms. The van der Waals surface area contributed by atoms with Crippen molar-refractivity contribution in [1.29, 1.82) is 0 Å². The molecule has 5 rings (SSSR count). The van der Waals surface area contributed by atoms with Gasteiger partial charge in [0.25, 0.3) is 0 Å². The number of nitrogens with zero attached hydrogens (tertiary/aromatic N) is 3. The fraction of sp³-hybridized carbons (Fsp3) is 0.633. The van der Waals surface area contributed by atoms with Crippen molar-refractivity contribution in [3.8, 4) is 11.5 Å². The molecule has 8 heteroatoms. The Labute approximate surface area is 233 Å². The Morgan fingerprint density at radius 3 is 2.47 bits per heavy atom. The molecular weight excluding hydrogens is 500 g/mol. The summed E-state index contributed by atoms with van der Waals surface area (Å²) in [7, 11) is 0. The Morgan fingerprint density at radius 1 is 1.08 bits per heavy atom. The van der Waals surface area contributed by atoms with Crippen molar-refractivity contribution in [2.24, 2.45) is 5.92 Å². The number of piperazine rings is 1. The number of carbonyl (C=O) groups excluding carboxylic acids is 2. The number of hydrogen-bond donors (Lipinski definition) is 1. The summed E-state index contributed by atoms with van der Waals surface area (Å²) in [4.78, 5) is 36.5. The molecule has 0 unspecified atom stereocenters. The van der Waals surface area contributed by atoms with Crippen LogP contribution in [0.2, 0.25) is 0 Å². The van der Waals surface area contributed by atoms with Crippen molar-refractivity contribution in [3.05, 3.63) is 41.8 Å². The molecule has 1 aromatic heterocycles. The third-order valence-electron chi connectivity index (χ3n) is 8.81. The van der Waals surface area contributed by atoms with Gasteiger partial charge in [0.05, 0.1) is 5.69 Å². The molecule has 2 aliphatic heterocycles. The van der Waals surface area contributed by atoms with E-state index in [0.29, 0.717) is 37.7 Å². The van der Waals surface area contributed by atoms with Crippen LogP contribution in [0, 0.1) is 12.8 Å². The van der Waals surface area contributed by atoms with Gasteiger partial charge >= 0.3 is 0 Å². The molecule has 2 saturated heterocycles. The van der Waals surface area contributed by atoms with E-state index in [1.165, 1.54) is 32.1 Å². The van der Waals surface area contributed by atoms with Gasteiger partial charge in [-0.3, -0.25) is 14.5 Å². The number of benzene rings is 1. The van der Waals surface area contributed by atoms with Gasteiger partial charge in [-0.05, 0) is 50.7 Å². The van der Waals surface area contributed by atoms with E-state index in [4.69, 9.17) is 9.40 Å². The number of nitrogens with one attached hydrogen (secondary N) is 1. The van der Waals surface area contributed by atoms with Crippen molar-refractivity contribution in [1.82, 2.24) is 20.1 Å². The average molecular weight is 543 g/mol. The van der Waals surface area contributed by atoms with Gasteiger partial charge < -0.3 is 14.6 Å². The minimum atomic E-state index is -0.722. The van der Waals surface area contributed by atoms with Crippen LogP contribution in [0.25, 0.3) is 11.5 Å². The first-order chi connectivity index (χ1) is 18.0. The summed E-state index contributed by atoms with van der Waals surface area (Å²) < 4.78 is 5.96. The van der Waals surface area contributed by atoms with E-state index in [2.05, 4.69) is 17.1 Å². The molecule has 1 aliphatic carbocycles. The number of unbranched alkanes of at least 4 members (excludes halogenated alkanes) is 1. The largest absolute Gasteiger partial charge is 0.441 e. The number of rotatable bonds is 8. The summed E-state index contributed by atoms with van der Waals surface area (Å²) in [5.74, 6) is 2.24. The van der Waals surface area contributed by atoms with Gasteiger partial charge in [0.2, 0.25) is 17.7 Å². The fourth-order valence-electron chi connectivity index (χ4n) is 6.50. The number of oxazole rings is 1. The molecule has 38 heavy (non-hydrogen) atoms. The molecule has 208 valence electrons. The lowest BCUT2D eigenvalue weighted by atomic mass is 9.79. The van der Waals surface area contributed by atoms with Crippen LogP contribution in [-0.4, -0.2) is 57.8 Å². The van der Waals surface area contributed by atoms with Crippen molar-refractivity contribution < 1.29 is 14.0 Å². The Morgan fingerprint density at radius 2 is 1.79 bits per heavy atom. The van der Waals surface area contributed by atoms with Gasteiger partial charge in [-0.1, -0.05) is 63.6 Å². The van der Waals surface area contributed by atoms with E-state index < -0.39 is 5.54 Å². The second-order valence-electron chi connectivity index (χ2n) is 11.3. The Bertz CT molecular complexity index is 1070. The van der Waals surface area contributed by atoms with Gasteiger partial charge in [0.1, 0.15) is 17.3 Å². The highest BCUT2D eigenvalue weighted by Gasteiger charge is 2.53. The lowest BCUT2D eigenvalue weighted by molar-refractivity contribution is -0.162. The number of likely N-dealkylation sites (tertiary alicyclic amines) is 1. The van der Waals surface area contributed by atoms with Crippen LogP contribution in [0.4, 0.5) is 0 Å². The third kappa shape index (κ3) is 5.94. The Kier molecular flexibility index (Phi) is 9.53. The van der Waals surface area contributed by atoms with Gasteiger partial charge in [0, 0.05) is 31.7 Å². The zero-order valence-corrected chi connectivity index (χ0v) is 23.7. The van der Waals surface area contributed by atoms with E-state index in [0.717, 1.165) is 49.4 Å². The lowest BCUT2D eigenvalue weighted by Gasteiger charge is -2.52. The van der Waals surface area contributed by atoms with Crippen LogP contribution < -0.4 is 5.32 Å². The second kappa shape index (κ2) is 12.6. The van der Waals surface area contributed by atoms with E-state index in [9.17, 15) is 9.59 Å². The maximum atomic E-state index is 13.8. The summed E-state index contributed by atoms with van der Waals surface area (Å²) in [6.07, 6.45) is 10.2. The smallest absolute Gasteiger partial charge is 0.246 e. The SMILES string of the molecule is CCCCN1C(=O)[C@H](CC2CCCCC2)NC(=O)C12CCN(Cc1nc(-c3ccccc3)oc1C)CC2.Cl. The summed E-state index contributed by atoms with van der Waals surface area (Å²) in [6, 6.07) is 9.61. The molecular formula is C30H43ClN4O3. The summed E-state index contributed by atoms with van der Waals surface area (Å²) in [5, 5.41) is 3.20. The van der Waals surface area contributed by atoms with Crippen LogP contribution in [0.15, 0.2) is 34.7 Å². The number of amides is 2. The number of hydrogen-bond acceptors (Lipinski definition) is 5. The Balaban J connectivity index is 0.00000336. The van der Waals surface area contributed by atoms with E-state index in [-0.39, 0.29) is 30.3 Å². The molecule has 1 saturated carbocycles. The van der Waals surface area contributed by atoms with E-state index >= 15 is 0 Å². The van der Waals surface area contributed by atoms with Crippen LogP contribution in [0.1, 0.15) is 82.6 Å². The van der Waals surface area contributed by atoms with Gasteiger partial charge in [0.15, 0.2) is 0 Å². The lowest BCUT2D eigenvalue weighted by Crippen LogP contribution is -2.73. The quantitative estimate of drug-likeness (QED) is 0.476. The molecule has 3 fully saturated rings. The van der Waals surface area contributed by atoms with Crippen molar-refractivity contribution >= 4 is 24.2 Å².